The molecule has 5 nitrogen and oxygen atoms in total. The molecular formula is C16H20ClNO4S. The van der Waals surface area contributed by atoms with Gasteiger partial charge in [0.2, 0.25) is 5.89 Å². The third-order valence-electron chi connectivity index (χ3n) is 4.19. The van der Waals surface area contributed by atoms with Crippen LogP contribution in [0.3, 0.4) is 0 Å². The predicted molar refractivity (Wildman–Crippen MR) is 88.6 cm³/mol. The minimum atomic E-state index is -3.69. The zero-order valence-electron chi connectivity index (χ0n) is 13.3. The molecular weight excluding hydrogens is 338 g/mol. The van der Waals surface area contributed by atoms with E-state index < -0.39 is 21.2 Å². The van der Waals surface area contributed by atoms with Crippen molar-refractivity contribution in [1.29, 1.82) is 0 Å². The van der Waals surface area contributed by atoms with E-state index in [1.807, 2.05) is 20.8 Å². The van der Waals surface area contributed by atoms with Gasteiger partial charge in [-0.1, -0.05) is 32.4 Å². The third-order valence-corrected chi connectivity index (χ3v) is 6.89. The van der Waals surface area contributed by atoms with E-state index in [-0.39, 0.29) is 27.3 Å². The lowest BCUT2D eigenvalue weighted by molar-refractivity contribution is 0.183. The van der Waals surface area contributed by atoms with Crippen LogP contribution in [0.5, 0.6) is 0 Å². The van der Waals surface area contributed by atoms with Gasteiger partial charge in [0.1, 0.15) is 10.4 Å². The summed E-state index contributed by atoms with van der Waals surface area (Å²) in [6.45, 7) is 5.84. The number of benzene rings is 1. The quantitative estimate of drug-likeness (QED) is 0.890. The van der Waals surface area contributed by atoms with Gasteiger partial charge in [-0.25, -0.2) is 13.4 Å². The number of rotatable bonds is 2. The van der Waals surface area contributed by atoms with Gasteiger partial charge in [0.25, 0.3) is 0 Å². The first-order chi connectivity index (χ1) is 10.6. The van der Waals surface area contributed by atoms with Crippen LogP contribution < -0.4 is 0 Å². The second-order valence-electron chi connectivity index (χ2n) is 7.13. The fraction of sp³-hybridized carbons (Fsp3) is 0.562. The Bertz CT molecular complexity index is 851. The molecule has 1 N–H and O–H groups in total. The van der Waals surface area contributed by atoms with Crippen molar-refractivity contribution in [3.05, 3.63) is 23.0 Å². The molecule has 2 aromatic rings. The molecule has 126 valence electrons. The number of halogens is 1. The molecule has 0 spiro atoms. The summed E-state index contributed by atoms with van der Waals surface area (Å²) in [7, 11) is -3.69. The van der Waals surface area contributed by atoms with E-state index in [0.717, 1.165) is 0 Å². The van der Waals surface area contributed by atoms with Crippen molar-refractivity contribution in [3.8, 4) is 0 Å². The van der Waals surface area contributed by atoms with E-state index in [0.29, 0.717) is 24.2 Å². The van der Waals surface area contributed by atoms with E-state index >= 15 is 0 Å². The number of aliphatic hydroxyl groups is 1. The van der Waals surface area contributed by atoms with Crippen LogP contribution in [0, 0.1) is 0 Å². The molecule has 0 radical (unpaired) electrons. The maximum Gasteiger partial charge on any atom is 0.200 e. The second-order valence-corrected chi connectivity index (χ2v) is 9.70. The molecule has 2 atom stereocenters. The monoisotopic (exact) mass is 357 g/mol. The number of sulfone groups is 1. The highest BCUT2D eigenvalue weighted by atomic mass is 35.5. The van der Waals surface area contributed by atoms with E-state index in [2.05, 4.69) is 4.98 Å². The van der Waals surface area contributed by atoms with Crippen LogP contribution >= 0.6 is 11.6 Å². The largest absolute Gasteiger partial charge is 0.439 e. The molecule has 1 aliphatic rings. The van der Waals surface area contributed by atoms with Gasteiger partial charge in [0, 0.05) is 5.41 Å². The average Bonchev–Trinajstić information content (AvgIpc) is 3.03. The van der Waals surface area contributed by atoms with Crippen molar-refractivity contribution in [2.75, 3.05) is 0 Å². The van der Waals surface area contributed by atoms with Crippen LogP contribution in [0.25, 0.3) is 11.1 Å². The molecule has 0 saturated heterocycles. The highest BCUT2D eigenvalue weighted by Crippen LogP contribution is 2.38. The first-order valence-corrected chi connectivity index (χ1v) is 9.54. The molecule has 1 heterocycles. The molecule has 1 aromatic heterocycles. The van der Waals surface area contributed by atoms with Gasteiger partial charge in [-0.2, -0.15) is 0 Å². The number of aromatic nitrogens is 1. The van der Waals surface area contributed by atoms with Crippen molar-refractivity contribution in [2.24, 2.45) is 0 Å². The Hall–Kier alpha value is -1.11. The van der Waals surface area contributed by atoms with E-state index in [4.69, 9.17) is 16.0 Å². The summed E-state index contributed by atoms with van der Waals surface area (Å²) in [5.41, 5.74) is 0.357. The topological polar surface area (TPSA) is 80.4 Å². The highest BCUT2D eigenvalue weighted by molar-refractivity contribution is 7.92. The lowest BCUT2D eigenvalue weighted by Crippen LogP contribution is -2.20. The predicted octanol–water partition coefficient (Wildman–Crippen LogP) is 3.47. The Morgan fingerprint density at radius 2 is 2.00 bits per heavy atom. The van der Waals surface area contributed by atoms with Gasteiger partial charge in [0.15, 0.2) is 15.4 Å². The summed E-state index contributed by atoms with van der Waals surface area (Å²) in [5, 5.41) is 9.17. The highest BCUT2D eigenvalue weighted by Gasteiger charge is 2.38. The first kappa shape index (κ1) is 16.7. The van der Waals surface area contributed by atoms with Crippen molar-refractivity contribution >= 4 is 32.5 Å². The average molecular weight is 358 g/mol. The van der Waals surface area contributed by atoms with Crippen molar-refractivity contribution < 1.29 is 17.9 Å². The third kappa shape index (κ3) is 2.88. The van der Waals surface area contributed by atoms with Gasteiger partial charge in [-0.15, -0.1) is 0 Å². The molecule has 1 aliphatic carbocycles. The Kier molecular flexibility index (Phi) is 3.98. The summed E-state index contributed by atoms with van der Waals surface area (Å²) < 4.78 is 31.8. The van der Waals surface area contributed by atoms with Gasteiger partial charge < -0.3 is 9.52 Å². The van der Waals surface area contributed by atoms with Gasteiger partial charge in [0.05, 0.1) is 16.4 Å². The molecule has 3 rings (SSSR count). The Morgan fingerprint density at radius 1 is 1.30 bits per heavy atom. The number of nitrogens with zero attached hydrogens (tertiary/aromatic N) is 1. The number of hydrogen-bond acceptors (Lipinski definition) is 5. The molecule has 2 unspecified atom stereocenters. The maximum absolute atomic E-state index is 13.0. The molecule has 1 aromatic carbocycles. The van der Waals surface area contributed by atoms with Crippen molar-refractivity contribution in [1.82, 2.24) is 4.98 Å². The number of oxazole rings is 1. The molecule has 0 amide bonds. The maximum atomic E-state index is 13.0. The summed E-state index contributed by atoms with van der Waals surface area (Å²) in [6, 6.07) is 3.20. The van der Waals surface area contributed by atoms with Gasteiger partial charge in [-0.05, 0) is 31.4 Å². The summed E-state index contributed by atoms with van der Waals surface area (Å²) in [6.07, 6.45) is 0.569. The molecule has 1 saturated carbocycles. The molecule has 23 heavy (non-hydrogen) atoms. The van der Waals surface area contributed by atoms with Gasteiger partial charge in [-0.3, -0.25) is 0 Å². The minimum Gasteiger partial charge on any atom is -0.439 e. The minimum absolute atomic E-state index is 0.00114. The zero-order valence-corrected chi connectivity index (χ0v) is 14.9. The van der Waals surface area contributed by atoms with E-state index in [1.165, 1.54) is 6.07 Å². The number of fused-ring (bicyclic) bond motifs is 1. The summed E-state index contributed by atoms with van der Waals surface area (Å²) >= 11 is 6.20. The number of aliphatic hydroxyl groups excluding tert-OH is 1. The Balaban J connectivity index is 2.20. The van der Waals surface area contributed by atoms with Crippen LogP contribution in [0.4, 0.5) is 0 Å². The van der Waals surface area contributed by atoms with Crippen LogP contribution in [0.2, 0.25) is 5.02 Å². The SMILES string of the molecule is CC(C)(C)c1nc2ccc(Cl)c(S(=O)(=O)C3CCC(O)C3)c2o1. The Morgan fingerprint density at radius 3 is 2.57 bits per heavy atom. The van der Waals surface area contributed by atoms with Crippen molar-refractivity contribution in [2.45, 2.75) is 61.7 Å². The first-order valence-electron chi connectivity index (χ1n) is 7.62. The molecule has 0 aliphatic heterocycles. The fourth-order valence-corrected chi connectivity index (χ4v) is 5.37. The lowest BCUT2D eigenvalue weighted by atomic mass is 9.97. The standard InChI is InChI=1S/C16H20ClNO4S/c1-16(2,3)15-18-12-7-6-11(17)14(13(12)22-15)23(20,21)10-5-4-9(19)8-10/h6-7,9-10,19H,4-5,8H2,1-3H3. The second kappa shape index (κ2) is 5.46. The number of hydrogen-bond donors (Lipinski definition) is 1. The normalized spacial score (nSPS) is 22.8. The molecule has 0 bridgehead atoms. The van der Waals surface area contributed by atoms with Crippen LogP contribution in [0.1, 0.15) is 45.9 Å². The molecule has 7 heteroatoms. The van der Waals surface area contributed by atoms with E-state index in [9.17, 15) is 13.5 Å². The van der Waals surface area contributed by atoms with E-state index in [1.54, 1.807) is 6.07 Å². The van der Waals surface area contributed by atoms with Crippen LogP contribution in [-0.4, -0.2) is 29.9 Å². The smallest absolute Gasteiger partial charge is 0.200 e. The Labute approximate surface area is 140 Å². The fourth-order valence-electron chi connectivity index (χ4n) is 2.90. The molecule has 1 fully saturated rings. The summed E-state index contributed by atoms with van der Waals surface area (Å²) in [4.78, 5) is 4.40. The lowest BCUT2D eigenvalue weighted by Gasteiger charge is -2.13. The zero-order chi connectivity index (χ0) is 17.0. The summed E-state index contributed by atoms with van der Waals surface area (Å²) in [5.74, 6) is 0.470. The van der Waals surface area contributed by atoms with Crippen LogP contribution in [0.15, 0.2) is 21.4 Å². The van der Waals surface area contributed by atoms with Crippen LogP contribution in [-0.2, 0) is 15.3 Å². The van der Waals surface area contributed by atoms with Gasteiger partial charge >= 0.3 is 0 Å². The van der Waals surface area contributed by atoms with Crippen molar-refractivity contribution in [3.63, 3.8) is 0 Å².